The van der Waals surface area contributed by atoms with Gasteiger partial charge >= 0.3 is 0 Å². The van der Waals surface area contributed by atoms with Crippen molar-refractivity contribution in [3.05, 3.63) is 76.8 Å². The van der Waals surface area contributed by atoms with E-state index in [-0.39, 0.29) is 0 Å². The van der Waals surface area contributed by atoms with Crippen LogP contribution in [0.1, 0.15) is 23.2 Å². The van der Waals surface area contributed by atoms with Crippen molar-refractivity contribution in [1.82, 2.24) is 9.88 Å². The topological polar surface area (TPSA) is 48.4 Å². The molecule has 0 bridgehead atoms. The standard InChI is InChI=1S/C22H23N3OS/c1-16-2-6-19(7-3-16)23-22-24-20(15-27-22)14-25-12-10-18(11-13-25)17-4-8-21(26)9-5-17/h2-10,15,26H,11-14H2,1H3,(H,23,24). The van der Waals surface area contributed by atoms with Crippen LogP contribution in [0.4, 0.5) is 10.8 Å². The van der Waals surface area contributed by atoms with Crippen LogP contribution < -0.4 is 5.32 Å². The second-order valence-corrected chi connectivity index (χ2v) is 7.75. The molecule has 0 aliphatic carbocycles. The van der Waals surface area contributed by atoms with Crippen LogP contribution in [0.5, 0.6) is 5.75 Å². The summed E-state index contributed by atoms with van der Waals surface area (Å²) in [4.78, 5) is 7.14. The molecule has 0 saturated carbocycles. The van der Waals surface area contributed by atoms with Gasteiger partial charge in [-0.15, -0.1) is 11.3 Å². The molecule has 2 heterocycles. The molecule has 1 aliphatic rings. The first-order valence-corrected chi connectivity index (χ1v) is 10.0. The Labute approximate surface area is 163 Å². The summed E-state index contributed by atoms with van der Waals surface area (Å²) in [6.45, 7) is 4.90. The molecule has 1 aromatic heterocycles. The van der Waals surface area contributed by atoms with E-state index in [1.54, 1.807) is 23.5 Å². The third-order valence-corrected chi connectivity index (χ3v) is 5.58. The quantitative estimate of drug-likeness (QED) is 0.642. The summed E-state index contributed by atoms with van der Waals surface area (Å²) in [5.74, 6) is 0.315. The molecule has 2 aromatic carbocycles. The first-order chi connectivity index (χ1) is 13.2. The molecule has 3 aromatic rings. The van der Waals surface area contributed by atoms with Crippen LogP contribution >= 0.6 is 11.3 Å². The molecule has 4 nitrogen and oxygen atoms in total. The van der Waals surface area contributed by atoms with E-state index >= 15 is 0 Å². The van der Waals surface area contributed by atoms with Gasteiger partial charge in [0, 0.05) is 30.7 Å². The van der Waals surface area contributed by atoms with Crippen molar-refractivity contribution in [1.29, 1.82) is 0 Å². The molecular weight excluding hydrogens is 354 g/mol. The molecule has 2 N–H and O–H groups in total. The molecule has 0 fully saturated rings. The summed E-state index contributed by atoms with van der Waals surface area (Å²) in [7, 11) is 0. The molecule has 0 unspecified atom stereocenters. The van der Waals surface area contributed by atoms with E-state index in [9.17, 15) is 5.11 Å². The molecular formula is C22H23N3OS. The minimum atomic E-state index is 0.315. The summed E-state index contributed by atoms with van der Waals surface area (Å²) in [5.41, 5.74) is 5.99. The van der Waals surface area contributed by atoms with E-state index in [1.165, 1.54) is 16.7 Å². The fraction of sp³-hybridized carbons (Fsp3) is 0.227. The zero-order valence-corrected chi connectivity index (χ0v) is 16.2. The fourth-order valence-corrected chi connectivity index (χ4v) is 3.94. The number of thiazole rings is 1. The monoisotopic (exact) mass is 377 g/mol. The van der Waals surface area contributed by atoms with Crippen molar-refractivity contribution >= 4 is 27.7 Å². The number of hydrogen-bond acceptors (Lipinski definition) is 5. The van der Waals surface area contributed by atoms with E-state index in [0.717, 1.165) is 42.6 Å². The second-order valence-electron chi connectivity index (χ2n) is 6.90. The lowest BCUT2D eigenvalue weighted by Crippen LogP contribution is -2.28. The van der Waals surface area contributed by atoms with E-state index in [4.69, 9.17) is 4.98 Å². The zero-order valence-electron chi connectivity index (χ0n) is 15.4. The van der Waals surface area contributed by atoms with Crippen molar-refractivity contribution in [2.75, 3.05) is 18.4 Å². The Bertz CT molecular complexity index is 929. The lowest BCUT2D eigenvalue weighted by molar-refractivity contribution is 0.291. The molecule has 0 amide bonds. The molecule has 1 aliphatic heterocycles. The van der Waals surface area contributed by atoms with Crippen molar-refractivity contribution in [3.63, 3.8) is 0 Å². The Morgan fingerprint density at radius 2 is 1.89 bits per heavy atom. The molecule has 0 saturated heterocycles. The van der Waals surface area contributed by atoms with Crippen LogP contribution in [-0.4, -0.2) is 28.1 Å². The van der Waals surface area contributed by atoms with Gasteiger partial charge in [-0.1, -0.05) is 35.9 Å². The number of aromatic hydroxyl groups is 1. The molecule has 4 rings (SSSR count). The number of aryl methyl sites for hydroxylation is 1. The van der Waals surface area contributed by atoms with Crippen LogP contribution in [0.3, 0.4) is 0 Å². The number of aromatic nitrogens is 1. The highest BCUT2D eigenvalue weighted by molar-refractivity contribution is 7.13. The van der Waals surface area contributed by atoms with Gasteiger partial charge in [-0.3, -0.25) is 4.90 Å². The number of nitrogens with zero attached hydrogens (tertiary/aromatic N) is 2. The highest BCUT2D eigenvalue weighted by Crippen LogP contribution is 2.26. The van der Waals surface area contributed by atoms with Crippen molar-refractivity contribution < 1.29 is 5.11 Å². The lowest BCUT2D eigenvalue weighted by Gasteiger charge is -2.25. The fourth-order valence-electron chi connectivity index (χ4n) is 3.22. The molecule has 138 valence electrons. The summed E-state index contributed by atoms with van der Waals surface area (Å²) in [5, 5.41) is 15.9. The lowest BCUT2D eigenvalue weighted by atomic mass is 9.99. The van der Waals surface area contributed by atoms with Gasteiger partial charge in [0.25, 0.3) is 0 Å². The van der Waals surface area contributed by atoms with Gasteiger partial charge in [-0.25, -0.2) is 4.98 Å². The Balaban J connectivity index is 1.34. The van der Waals surface area contributed by atoms with Gasteiger partial charge in [0.05, 0.1) is 5.69 Å². The molecule has 5 heteroatoms. The Morgan fingerprint density at radius 1 is 1.11 bits per heavy atom. The highest BCUT2D eigenvalue weighted by Gasteiger charge is 2.14. The number of phenolic OH excluding ortho intramolecular Hbond substituents is 1. The SMILES string of the molecule is Cc1ccc(Nc2nc(CN3CC=C(c4ccc(O)cc4)CC3)cs2)cc1. The Hall–Kier alpha value is -2.63. The van der Waals surface area contributed by atoms with Crippen LogP contribution in [-0.2, 0) is 6.54 Å². The number of anilines is 2. The number of benzene rings is 2. The zero-order chi connectivity index (χ0) is 18.6. The Kier molecular flexibility index (Phi) is 5.23. The predicted octanol–water partition coefficient (Wildman–Crippen LogP) is 5.19. The summed E-state index contributed by atoms with van der Waals surface area (Å²) in [6, 6.07) is 15.8. The van der Waals surface area contributed by atoms with Gasteiger partial charge in [-0.2, -0.15) is 0 Å². The minimum Gasteiger partial charge on any atom is -0.508 e. The van der Waals surface area contributed by atoms with Crippen molar-refractivity contribution in [2.24, 2.45) is 0 Å². The van der Waals surface area contributed by atoms with Crippen LogP contribution in [0.15, 0.2) is 60.0 Å². The van der Waals surface area contributed by atoms with Crippen molar-refractivity contribution in [3.8, 4) is 5.75 Å². The van der Waals surface area contributed by atoms with Crippen LogP contribution in [0.2, 0.25) is 0 Å². The number of rotatable bonds is 5. The Morgan fingerprint density at radius 3 is 2.59 bits per heavy atom. The van der Waals surface area contributed by atoms with E-state index in [1.807, 2.05) is 12.1 Å². The van der Waals surface area contributed by atoms with Crippen LogP contribution in [0, 0.1) is 6.92 Å². The average Bonchev–Trinajstić information content (AvgIpc) is 3.12. The van der Waals surface area contributed by atoms with Crippen LogP contribution in [0.25, 0.3) is 5.57 Å². The summed E-state index contributed by atoms with van der Waals surface area (Å²) in [6.07, 6.45) is 3.30. The number of hydrogen-bond donors (Lipinski definition) is 2. The molecule has 0 radical (unpaired) electrons. The third-order valence-electron chi connectivity index (χ3n) is 4.77. The van der Waals surface area contributed by atoms with Crippen molar-refractivity contribution in [2.45, 2.75) is 19.9 Å². The molecule has 0 atom stereocenters. The smallest absolute Gasteiger partial charge is 0.187 e. The van der Waals surface area contributed by atoms with Gasteiger partial charge in [0.15, 0.2) is 5.13 Å². The highest BCUT2D eigenvalue weighted by atomic mass is 32.1. The summed E-state index contributed by atoms with van der Waals surface area (Å²) < 4.78 is 0. The number of nitrogens with one attached hydrogen (secondary N) is 1. The number of phenols is 1. The van der Waals surface area contributed by atoms with Gasteiger partial charge in [-0.05, 0) is 48.7 Å². The largest absolute Gasteiger partial charge is 0.508 e. The second kappa shape index (κ2) is 7.94. The molecule has 27 heavy (non-hydrogen) atoms. The van der Waals surface area contributed by atoms with E-state index < -0.39 is 0 Å². The first-order valence-electron chi connectivity index (χ1n) is 9.14. The summed E-state index contributed by atoms with van der Waals surface area (Å²) >= 11 is 1.65. The normalized spacial score (nSPS) is 14.8. The van der Waals surface area contributed by atoms with E-state index in [2.05, 4.69) is 52.9 Å². The van der Waals surface area contributed by atoms with E-state index in [0.29, 0.717) is 5.75 Å². The average molecular weight is 378 g/mol. The maximum Gasteiger partial charge on any atom is 0.187 e. The van der Waals surface area contributed by atoms with Gasteiger partial charge < -0.3 is 10.4 Å². The first kappa shape index (κ1) is 17.8. The maximum atomic E-state index is 9.43. The third kappa shape index (κ3) is 4.56. The van der Waals surface area contributed by atoms with Gasteiger partial charge in [0.1, 0.15) is 5.75 Å². The maximum absolute atomic E-state index is 9.43. The molecule has 0 spiro atoms. The van der Waals surface area contributed by atoms with Gasteiger partial charge in [0.2, 0.25) is 0 Å². The predicted molar refractivity (Wildman–Crippen MR) is 113 cm³/mol. The minimum absolute atomic E-state index is 0.315.